The molecule has 0 spiro atoms. The third-order valence-electron chi connectivity index (χ3n) is 4.92. The molecule has 4 rings (SSSR count). The lowest BCUT2D eigenvalue weighted by Crippen LogP contribution is -2.70. The molecule has 0 bridgehead atoms. The van der Waals surface area contributed by atoms with E-state index in [1.165, 1.54) is 29.1 Å². The van der Waals surface area contributed by atoms with Crippen LogP contribution in [0, 0.1) is 0 Å². The van der Waals surface area contributed by atoms with Crippen LogP contribution in [0.3, 0.4) is 0 Å². The SMILES string of the molecule is CC1(C)S[C@@H]2[C@H](NC(=O)c3nccnc3-c3ccccc3)C(=O)N2[C@H]1C(=O)O. The van der Waals surface area contributed by atoms with Gasteiger partial charge < -0.3 is 15.3 Å². The van der Waals surface area contributed by atoms with E-state index in [1.54, 1.807) is 13.8 Å². The molecule has 2 aromatic rings. The van der Waals surface area contributed by atoms with Crippen LogP contribution in [-0.2, 0) is 9.59 Å². The number of carbonyl (C=O) groups excluding carboxylic acids is 2. The Morgan fingerprint density at radius 3 is 2.54 bits per heavy atom. The second kappa shape index (κ2) is 6.59. The lowest BCUT2D eigenvalue weighted by Gasteiger charge is -2.43. The highest BCUT2D eigenvalue weighted by molar-refractivity contribution is 8.01. The number of carbonyl (C=O) groups is 3. The maximum Gasteiger partial charge on any atom is 0.327 e. The van der Waals surface area contributed by atoms with Gasteiger partial charge in [0.1, 0.15) is 23.2 Å². The number of hydrogen-bond acceptors (Lipinski definition) is 6. The van der Waals surface area contributed by atoms with E-state index in [9.17, 15) is 19.5 Å². The molecule has 8 nitrogen and oxygen atoms in total. The van der Waals surface area contributed by atoms with Crippen LogP contribution in [0.2, 0.25) is 0 Å². The molecule has 9 heteroatoms. The Labute approximate surface area is 165 Å². The van der Waals surface area contributed by atoms with Crippen LogP contribution in [0.1, 0.15) is 24.3 Å². The highest BCUT2D eigenvalue weighted by Crippen LogP contribution is 2.50. The number of nitrogens with one attached hydrogen (secondary N) is 1. The van der Waals surface area contributed by atoms with E-state index in [2.05, 4.69) is 15.3 Å². The third-order valence-corrected chi connectivity index (χ3v) is 6.49. The van der Waals surface area contributed by atoms with Gasteiger partial charge >= 0.3 is 5.97 Å². The Kier molecular flexibility index (Phi) is 4.34. The highest BCUT2D eigenvalue weighted by Gasteiger charge is 2.64. The lowest BCUT2D eigenvalue weighted by atomic mass is 9.96. The van der Waals surface area contributed by atoms with Gasteiger partial charge in [-0.2, -0.15) is 0 Å². The summed E-state index contributed by atoms with van der Waals surface area (Å²) in [5.74, 6) is -1.95. The number of hydrogen-bond donors (Lipinski definition) is 2. The second-order valence-electron chi connectivity index (χ2n) is 7.17. The monoisotopic (exact) mass is 398 g/mol. The molecule has 2 aliphatic heterocycles. The highest BCUT2D eigenvalue weighted by atomic mass is 32.2. The minimum Gasteiger partial charge on any atom is -0.480 e. The molecule has 0 aliphatic carbocycles. The van der Waals surface area contributed by atoms with Crippen LogP contribution in [0.4, 0.5) is 0 Å². The minimum atomic E-state index is -1.04. The predicted molar refractivity (Wildman–Crippen MR) is 102 cm³/mol. The molecule has 2 fully saturated rings. The molecular formula is C19H18N4O4S. The number of carboxylic acid groups (broad SMARTS) is 1. The number of rotatable bonds is 4. The van der Waals surface area contributed by atoms with Crippen molar-refractivity contribution in [2.45, 2.75) is 36.1 Å². The molecule has 2 N–H and O–H groups in total. The average molecular weight is 398 g/mol. The average Bonchev–Trinajstić information content (AvgIpc) is 2.94. The quantitative estimate of drug-likeness (QED) is 0.749. The number of thioether (sulfide) groups is 1. The van der Waals surface area contributed by atoms with Gasteiger partial charge in [-0.1, -0.05) is 30.3 Å². The summed E-state index contributed by atoms with van der Waals surface area (Å²) in [5.41, 5.74) is 1.29. The standard InChI is InChI=1S/C19H18N4O4S/c1-19(2)14(18(26)27)23-16(25)13(17(23)28-19)22-15(24)12-11(20-8-9-21-12)10-6-4-3-5-7-10/h3-9,13-14,17H,1-2H3,(H,22,24)(H,26,27)/t13-,14+,17-/m1/s1. The van der Waals surface area contributed by atoms with Crippen molar-refractivity contribution in [3.8, 4) is 11.3 Å². The Morgan fingerprint density at radius 2 is 1.86 bits per heavy atom. The van der Waals surface area contributed by atoms with Gasteiger partial charge in [-0.05, 0) is 13.8 Å². The number of aliphatic carboxylic acids is 1. The number of aromatic nitrogens is 2. The summed E-state index contributed by atoms with van der Waals surface area (Å²) in [7, 11) is 0. The Balaban J connectivity index is 1.57. The molecule has 1 aromatic heterocycles. The van der Waals surface area contributed by atoms with Crippen LogP contribution < -0.4 is 5.32 Å². The first-order valence-corrected chi connectivity index (χ1v) is 9.59. The summed E-state index contributed by atoms with van der Waals surface area (Å²) in [4.78, 5) is 46.8. The number of β-lactam (4-membered cyclic amide) rings is 1. The van der Waals surface area contributed by atoms with E-state index in [0.29, 0.717) is 5.69 Å². The van der Waals surface area contributed by atoms with E-state index < -0.39 is 40.0 Å². The van der Waals surface area contributed by atoms with Gasteiger partial charge in [0.2, 0.25) is 5.91 Å². The molecule has 2 saturated heterocycles. The van der Waals surface area contributed by atoms with Crippen LogP contribution in [0.15, 0.2) is 42.7 Å². The first-order chi connectivity index (χ1) is 13.3. The molecule has 3 heterocycles. The van der Waals surface area contributed by atoms with Crippen molar-refractivity contribution >= 4 is 29.5 Å². The fraction of sp³-hybridized carbons (Fsp3) is 0.316. The zero-order chi connectivity index (χ0) is 20.1. The molecule has 2 amide bonds. The molecule has 2 aliphatic rings. The van der Waals surface area contributed by atoms with E-state index in [-0.39, 0.29) is 5.69 Å². The Morgan fingerprint density at radius 1 is 1.18 bits per heavy atom. The van der Waals surface area contributed by atoms with Crippen molar-refractivity contribution in [2.24, 2.45) is 0 Å². The Bertz CT molecular complexity index is 965. The zero-order valence-corrected chi connectivity index (χ0v) is 16.0. The Hall–Kier alpha value is -2.94. The van der Waals surface area contributed by atoms with Gasteiger partial charge in [-0.3, -0.25) is 14.6 Å². The maximum atomic E-state index is 12.8. The van der Waals surface area contributed by atoms with E-state index >= 15 is 0 Å². The molecule has 0 unspecified atom stereocenters. The van der Waals surface area contributed by atoms with Crippen molar-refractivity contribution in [3.63, 3.8) is 0 Å². The summed E-state index contributed by atoms with van der Waals surface area (Å²) < 4.78 is -0.645. The van der Waals surface area contributed by atoms with Gasteiger partial charge in [-0.15, -0.1) is 11.8 Å². The first-order valence-electron chi connectivity index (χ1n) is 8.71. The summed E-state index contributed by atoms with van der Waals surface area (Å²) in [6.07, 6.45) is 2.92. The summed E-state index contributed by atoms with van der Waals surface area (Å²) in [6.45, 7) is 3.58. The maximum absolute atomic E-state index is 12.8. The minimum absolute atomic E-state index is 0.122. The number of nitrogens with zero attached hydrogens (tertiary/aromatic N) is 3. The fourth-order valence-corrected chi connectivity index (χ4v) is 5.29. The van der Waals surface area contributed by atoms with E-state index in [4.69, 9.17) is 0 Å². The summed E-state index contributed by atoms with van der Waals surface area (Å²) in [5, 5.41) is 11.8. The summed E-state index contributed by atoms with van der Waals surface area (Å²) in [6, 6.07) is 7.48. The fourth-order valence-electron chi connectivity index (χ4n) is 3.67. The van der Waals surface area contributed by atoms with Crippen LogP contribution in [-0.4, -0.2) is 60.0 Å². The van der Waals surface area contributed by atoms with Gasteiger partial charge in [0.05, 0.1) is 0 Å². The molecule has 144 valence electrons. The lowest BCUT2D eigenvalue weighted by molar-refractivity contribution is -0.159. The van der Waals surface area contributed by atoms with Crippen LogP contribution in [0.25, 0.3) is 11.3 Å². The van der Waals surface area contributed by atoms with Crippen molar-refractivity contribution in [1.29, 1.82) is 0 Å². The zero-order valence-electron chi connectivity index (χ0n) is 15.2. The third kappa shape index (κ3) is 2.82. The van der Waals surface area contributed by atoms with E-state index in [0.717, 1.165) is 5.56 Å². The summed E-state index contributed by atoms with van der Waals surface area (Å²) >= 11 is 1.38. The van der Waals surface area contributed by atoms with Crippen LogP contribution >= 0.6 is 11.8 Å². The largest absolute Gasteiger partial charge is 0.480 e. The van der Waals surface area contributed by atoms with Crippen molar-refractivity contribution in [3.05, 3.63) is 48.4 Å². The van der Waals surface area contributed by atoms with Gasteiger partial charge in [0, 0.05) is 22.7 Å². The van der Waals surface area contributed by atoms with Gasteiger partial charge in [0.25, 0.3) is 5.91 Å². The van der Waals surface area contributed by atoms with E-state index in [1.807, 2.05) is 30.3 Å². The van der Waals surface area contributed by atoms with Crippen LogP contribution in [0.5, 0.6) is 0 Å². The number of fused-ring (bicyclic) bond motifs is 1. The van der Waals surface area contributed by atoms with Crippen molar-refractivity contribution in [1.82, 2.24) is 20.2 Å². The number of carboxylic acids is 1. The van der Waals surface area contributed by atoms with Crippen molar-refractivity contribution in [2.75, 3.05) is 0 Å². The molecule has 0 radical (unpaired) electrons. The first kappa shape index (κ1) is 18.4. The molecule has 3 atom stereocenters. The van der Waals surface area contributed by atoms with Gasteiger partial charge in [0.15, 0.2) is 5.69 Å². The second-order valence-corrected chi connectivity index (χ2v) is 8.94. The number of amides is 2. The molecule has 28 heavy (non-hydrogen) atoms. The normalized spacial score (nSPS) is 25.0. The molecular weight excluding hydrogens is 380 g/mol. The smallest absolute Gasteiger partial charge is 0.327 e. The topological polar surface area (TPSA) is 112 Å². The molecule has 0 saturated carbocycles. The predicted octanol–water partition coefficient (Wildman–Crippen LogP) is 1.39. The van der Waals surface area contributed by atoms with Gasteiger partial charge in [-0.25, -0.2) is 9.78 Å². The van der Waals surface area contributed by atoms with Crippen molar-refractivity contribution < 1.29 is 19.5 Å². The number of benzene rings is 1. The molecule has 1 aromatic carbocycles.